The van der Waals surface area contributed by atoms with Gasteiger partial charge in [-0.1, -0.05) is 12.1 Å². The van der Waals surface area contributed by atoms with Crippen LogP contribution in [-0.2, 0) is 4.74 Å². The van der Waals surface area contributed by atoms with Gasteiger partial charge in [0.15, 0.2) is 0 Å². The number of carbonyl (C=O) groups excluding carboxylic acids is 2. The van der Waals surface area contributed by atoms with Crippen molar-refractivity contribution in [2.24, 2.45) is 0 Å². The number of amides is 1. The van der Waals surface area contributed by atoms with Crippen molar-refractivity contribution >= 4 is 11.9 Å². The van der Waals surface area contributed by atoms with Gasteiger partial charge in [0.2, 0.25) is 0 Å². The van der Waals surface area contributed by atoms with Gasteiger partial charge in [-0.2, -0.15) is 0 Å². The Balaban J connectivity index is 2.26. The second kappa shape index (κ2) is 5.67. The fourth-order valence-electron chi connectivity index (χ4n) is 2.15. The maximum Gasteiger partial charge on any atom is 0.338 e. The normalized spacial score (nSPS) is 14.6. The van der Waals surface area contributed by atoms with Crippen molar-refractivity contribution in [2.45, 2.75) is 19.8 Å². The molecule has 1 aliphatic rings. The number of rotatable bonds is 3. The molecule has 0 radical (unpaired) electrons. The van der Waals surface area contributed by atoms with Crippen LogP contribution in [0.5, 0.6) is 0 Å². The molecule has 0 aliphatic carbocycles. The van der Waals surface area contributed by atoms with Gasteiger partial charge in [0, 0.05) is 13.1 Å². The van der Waals surface area contributed by atoms with E-state index in [2.05, 4.69) is 0 Å². The molecule has 1 amide bonds. The zero-order valence-electron chi connectivity index (χ0n) is 10.5. The van der Waals surface area contributed by atoms with Crippen LogP contribution in [0.15, 0.2) is 24.3 Å². The van der Waals surface area contributed by atoms with E-state index < -0.39 is 5.97 Å². The van der Waals surface area contributed by atoms with Gasteiger partial charge in [-0.3, -0.25) is 4.79 Å². The molecule has 0 N–H and O–H groups in total. The fraction of sp³-hybridized carbons (Fsp3) is 0.429. The number of ether oxygens (including phenoxy) is 1. The van der Waals surface area contributed by atoms with Gasteiger partial charge in [0.1, 0.15) is 0 Å². The summed E-state index contributed by atoms with van der Waals surface area (Å²) in [5.41, 5.74) is 0.800. The van der Waals surface area contributed by atoms with E-state index in [-0.39, 0.29) is 5.91 Å². The highest BCUT2D eigenvalue weighted by molar-refractivity contribution is 6.05. The summed E-state index contributed by atoms with van der Waals surface area (Å²) in [5, 5.41) is 0. The van der Waals surface area contributed by atoms with Crippen molar-refractivity contribution in [1.29, 1.82) is 0 Å². The summed E-state index contributed by atoms with van der Waals surface area (Å²) in [4.78, 5) is 25.9. The van der Waals surface area contributed by atoms with Crippen LogP contribution in [0.1, 0.15) is 40.5 Å². The minimum atomic E-state index is -0.430. The van der Waals surface area contributed by atoms with Crippen molar-refractivity contribution in [1.82, 2.24) is 4.90 Å². The van der Waals surface area contributed by atoms with Gasteiger partial charge < -0.3 is 9.64 Å². The van der Waals surface area contributed by atoms with E-state index in [1.54, 1.807) is 36.1 Å². The van der Waals surface area contributed by atoms with Gasteiger partial charge in [-0.25, -0.2) is 4.79 Å². The number of likely N-dealkylation sites (tertiary alicyclic amines) is 1. The van der Waals surface area contributed by atoms with E-state index in [0.29, 0.717) is 17.7 Å². The zero-order valence-corrected chi connectivity index (χ0v) is 10.5. The molecule has 4 heteroatoms. The Labute approximate surface area is 107 Å². The average molecular weight is 246 g/mol. The van der Waals surface area contributed by atoms with Crippen molar-refractivity contribution in [3.8, 4) is 0 Å². The van der Waals surface area contributed by atoms with Crippen molar-refractivity contribution in [3.05, 3.63) is 35.4 Å². The first-order valence-electron chi connectivity index (χ1n) is 6.29. The molecule has 0 bridgehead atoms. The molecule has 0 unspecified atom stereocenters. The SMILES string of the molecule is CCOC(=O)c1ccccc1[11C](=O)N1CCCC1. The van der Waals surface area contributed by atoms with Gasteiger partial charge >= 0.3 is 5.97 Å². The van der Waals surface area contributed by atoms with Gasteiger partial charge in [-0.15, -0.1) is 0 Å². The lowest BCUT2D eigenvalue weighted by atomic mass is 9.83. The Morgan fingerprint density at radius 3 is 2.39 bits per heavy atom. The Bertz CT molecular complexity index is 450. The van der Waals surface area contributed by atoms with Crippen LogP contribution in [0.25, 0.3) is 0 Å². The molecule has 1 fully saturated rings. The number of nitrogens with zero attached hydrogens (tertiary/aromatic N) is 1. The maximum absolute atomic E-state index is 12.3. The van der Waals surface area contributed by atoms with E-state index in [1.165, 1.54) is 0 Å². The second-order valence-electron chi connectivity index (χ2n) is 4.27. The summed E-state index contributed by atoms with van der Waals surface area (Å²) in [6, 6.07) is 6.84. The molecule has 0 saturated carbocycles. The van der Waals surface area contributed by atoms with E-state index in [0.717, 1.165) is 25.9 Å². The van der Waals surface area contributed by atoms with Crippen LogP contribution in [0.3, 0.4) is 0 Å². The third-order valence-electron chi connectivity index (χ3n) is 3.05. The Kier molecular flexibility index (Phi) is 3.97. The Hall–Kier alpha value is -1.84. The second-order valence-corrected chi connectivity index (χ2v) is 4.27. The highest BCUT2D eigenvalue weighted by Gasteiger charge is 2.24. The smallest absolute Gasteiger partial charge is 0.338 e. The molecule has 0 aromatic heterocycles. The minimum absolute atomic E-state index is 0.0730. The summed E-state index contributed by atoms with van der Waals surface area (Å²) >= 11 is 0. The van der Waals surface area contributed by atoms with E-state index >= 15 is 0 Å². The number of hydrogen-bond acceptors (Lipinski definition) is 3. The molecule has 4 nitrogen and oxygen atoms in total. The molecule has 2 rings (SSSR count). The highest BCUT2D eigenvalue weighted by atomic mass is 16.5. The summed E-state index contributed by atoms with van der Waals surface area (Å²) in [5.74, 6) is -0.503. The molecule has 0 spiro atoms. The first-order chi connectivity index (χ1) is 8.74. The molecule has 18 heavy (non-hydrogen) atoms. The van der Waals surface area contributed by atoms with Crippen molar-refractivity contribution in [2.75, 3.05) is 19.7 Å². The number of carbonyl (C=O) groups is 2. The predicted octanol–water partition coefficient (Wildman–Crippen LogP) is 2.10. The van der Waals surface area contributed by atoms with E-state index in [1.807, 2.05) is 0 Å². The molecule has 1 aromatic carbocycles. The van der Waals surface area contributed by atoms with Crippen molar-refractivity contribution < 1.29 is 14.3 Å². The van der Waals surface area contributed by atoms with Crippen LogP contribution in [0, 0.1) is 0 Å². The molecular weight excluding hydrogens is 229 g/mol. The quantitative estimate of drug-likeness (QED) is 0.767. The monoisotopic (exact) mass is 246 g/mol. The first-order valence-corrected chi connectivity index (χ1v) is 6.29. The van der Waals surface area contributed by atoms with Crippen LogP contribution < -0.4 is 0 Å². The molecule has 0 atom stereocenters. The van der Waals surface area contributed by atoms with E-state index in [9.17, 15) is 9.59 Å². The summed E-state index contributed by atoms with van der Waals surface area (Å²) in [6.45, 7) is 3.61. The van der Waals surface area contributed by atoms with E-state index in [4.69, 9.17) is 4.74 Å². The predicted molar refractivity (Wildman–Crippen MR) is 67.5 cm³/mol. The molecular formula is C14H17NO3. The summed E-state index contributed by atoms with van der Waals surface area (Å²) in [6.07, 6.45) is 2.07. The Morgan fingerprint density at radius 2 is 1.78 bits per heavy atom. The molecule has 1 aromatic rings. The molecule has 1 heterocycles. The lowest BCUT2D eigenvalue weighted by Gasteiger charge is -2.17. The number of hydrogen-bond donors (Lipinski definition) is 0. The molecule has 1 saturated heterocycles. The maximum atomic E-state index is 12.3. The van der Waals surface area contributed by atoms with Gasteiger partial charge in [0.25, 0.3) is 5.91 Å². The topological polar surface area (TPSA) is 46.6 Å². The number of esters is 1. The number of benzene rings is 1. The lowest BCUT2D eigenvalue weighted by Crippen LogP contribution is -2.29. The third kappa shape index (κ3) is 2.53. The average Bonchev–Trinajstić information content (AvgIpc) is 2.92. The minimum Gasteiger partial charge on any atom is -0.462 e. The Morgan fingerprint density at radius 1 is 1.17 bits per heavy atom. The van der Waals surface area contributed by atoms with Gasteiger partial charge in [0.05, 0.1) is 17.7 Å². The van der Waals surface area contributed by atoms with Crippen LogP contribution >= 0.6 is 0 Å². The first kappa shape index (κ1) is 12.6. The fourth-order valence-corrected chi connectivity index (χ4v) is 2.15. The van der Waals surface area contributed by atoms with Crippen LogP contribution in [0.2, 0.25) is 0 Å². The molecule has 1 aliphatic heterocycles. The molecule has 96 valence electrons. The summed E-state index contributed by atoms with van der Waals surface area (Å²) < 4.78 is 4.97. The van der Waals surface area contributed by atoms with Crippen LogP contribution in [-0.4, -0.2) is 36.5 Å². The van der Waals surface area contributed by atoms with Crippen LogP contribution in [0.4, 0.5) is 0 Å². The zero-order chi connectivity index (χ0) is 13.0. The lowest BCUT2D eigenvalue weighted by molar-refractivity contribution is 0.0519. The third-order valence-corrected chi connectivity index (χ3v) is 3.05. The standard InChI is InChI=1S/C14H17NO3/c1-2-18-14(17)12-8-4-3-7-11(12)13(16)15-9-5-6-10-15/h3-4,7-8H,2,5-6,9-10H2,1H3/i13-1. The van der Waals surface area contributed by atoms with Gasteiger partial charge in [-0.05, 0) is 31.9 Å². The largest absolute Gasteiger partial charge is 0.462 e. The van der Waals surface area contributed by atoms with Crippen molar-refractivity contribution in [3.63, 3.8) is 0 Å². The summed E-state index contributed by atoms with van der Waals surface area (Å²) in [7, 11) is 0. The highest BCUT2D eigenvalue weighted by Crippen LogP contribution is 2.17.